The van der Waals surface area contributed by atoms with Gasteiger partial charge in [-0.2, -0.15) is 0 Å². The summed E-state index contributed by atoms with van der Waals surface area (Å²) in [7, 11) is 0. The van der Waals surface area contributed by atoms with Crippen molar-refractivity contribution in [3.63, 3.8) is 0 Å². The molecule has 14 rings (SSSR count). The normalized spacial score (nSPS) is 13.6. The second kappa shape index (κ2) is 17.8. The number of hydrogen-bond donors (Lipinski definition) is 0. The van der Waals surface area contributed by atoms with Gasteiger partial charge in [-0.05, 0) is 120 Å². The Morgan fingerprint density at radius 1 is 0.297 bits per heavy atom. The first kappa shape index (κ1) is 37.1. The first-order valence-electron chi connectivity index (χ1n) is 27.7. The molecule has 1 aliphatic rings. The third-order valence-corrected chi connectivity index (χ3v) is 14.3. The Labute approximate surface area is 438 Å². The predicted molar refractivity (Wildman–Crippen MR) is 302 cm³/mol. The number of fused-ring (bicyclic) bond motifs is 6. The standard InChI is InChI=1S/C70H45N3O/c1-5-19-46(20-6-1)52-41-53(47-21-7-2-8-22-47)43-54(42-52)50-36-40-65-62(44-50)60-39-35-51(45-66(60)74-65)68-71-67(72-69(73-68)61-30-14-13-27-57(61)48-23-9-3-10-24-48)49-33-37-56(38-34-49)70(55-25-11-4-12-26-55)63-31-17-15-28-58(63)59-29-16-18-32-64(59)70/h1-45H/i35D,36D,39D,40D,44D,45D. The topological polar surface area (TPSA) is 51.8 Å². The molecule has 74 heavy (non-hydrogen) atoms. The van der Waals surface area contributed by atoms with Gasteiger partial charge in [0.1, 0.15) is 11.2 Å². The van der Waals surface area contributed by atoms with Crippen molar-refractivity contribution in [2.75, 3.05) is 0 Å². The van der Waals surface area contributed by atoms with Crippen LogP contribution >= 0.6 is 0 Å². The van der Waals surface area contributed by atoms with Crippen LogP contribution in [0.4, 0.5) is 0 Å². The van der Waals surface area contributed by atoms with Gasteiger partial charge < -0.3 is 4.42 Å². The molecule has 0 radical (unpaired) electrons. The van der Waals surface area contributed by atoms with Crippen molar-refractivity contribution in [1.82, 2.24) is 15.0 Å². The van der Waals surface area contributed by atoms with E-state index in [1.54, 1.807) is 0 Å². The number of furan rings is 1. The molecule has 0 aliphatic heterocycles. The van der Waals surface area contributed by atoms with Gasteiger partial charge in [0.2, 0.25) is 0 Å². The first-order chi connectivity index (χ1) is 39.2. The highest BCUT2D eigenvalue weighted by Gasteiger charge is 2.45. The third kappa shape index (κ3) is 7.26. The van der Waals surface area contributed by atoms with Crippen LogP contribution in [-0.4, -0.2) is 15.0 Å². The summed E-state index contributed by atoms with van der Waals surface area (Å²) in [5, 5.41) is 0.110. The Hall–Kier alpha value is -9.77. The van der Waals surface area contributed by atoms with E-state index < -0.39 is 5.41 Å². The molecule has 11 aromatic carbocycles. The summed E-state index contributed by atoms with van der Waals surface area (Å²) in [4.78, 5) is 15.3. The molecule has 0 saturated carbocycles. The molecule has 0 atom stereocenters. The van der Waals surface area contributed by atoms with Crippen molar-refractivity contribution >= 4 is 21.9 Å². The van der Waals surface area contributed by atoms with Gasteiger partial charge in [0.15, 0.2) is 17.5 Å². The molecule has 2 heterocycles. The van der Waals surface area contributed by atoms with Crippen LogP contribution in [0.3, 0.4) is 0 Å². The number of hydrogen-bond acceptors (Lipinski definition) is 4. The van der Waals surface area contributed by atoms with E-state index in [2.05, 4.69) is 91.0 Å². The molecule has 0 fully saturated rings. The summed E-state index contributed by atoms with van der Waals surface area (Å²) in [5.41, 5.74) is 13.4. The Morgan fingerprint density at radius 2 is 0.757 bits per heavy atom. The molecular weight excluding hydrogens is 899 g/mol. The molecule has 4 heteroatoms. The second-order valence-electron chi connectivity index (χ2n) is 18.5. The van der Waals surface area contributed by atoms with Crippen LogP contribution in [0.15, 0.2) is 277 Å². The minimum atomic E-state index is -0.638. The summed E-state index contributed by atoms with van der Waals surface area (Å²) in [6.07, 6.45) is 0. The third-order valence-electron chi connectivity index (χ3n) is 14.3. The summed E-state index contributed by atoms with van der Waals surface area (Å²) >= 11 is 0. The van der Waals surface area contributed by atoms with Crippen molar-refractivity contribution in [1.29, 1.82) is 0 Å². The SMILES string of the molecule is [2H]c1c(-c2cc(-c3ccccc3)cc(-c3ccccc3)c2)c([2H])c2c(oc3c([2H])c(-c4nc(-c5ccc(C6(c7ccccc7)c7ccccc7-c7ccccc76)cc5)nc(-c5ccccc5-c5ccccc5)n4)c([2H])c([2H])c32)c1[2H]. The quantitative estimate of drug-likeness (QED) is 0.145. The molecule has 0 N–H and O–H groups in total. The van der Waals surface area contributed by atoms with Gasteiger partial charge in [-0.1, -0.05) is 230 Å². The molecular formula is C70H45N3O. The molecule has 0 amide bonds. The average molecular weight is 950 g/mol. The van der Waals surface area contributed by atoms with Crippen LogP contribution in [-0.2, 0) is 5.41 Å². The van der Waals surface area contributed by atoms with Gasteiger partial charge in [0.05, 0.1) is 13.6 Å². The van der Waals surface area contributed by atoms with E-state index in [1.165, 1.54) is 22.3 Å². The van der Waals surface area contributed by atoms with Crippen molar-refractivity contribution in [2.24, 2.45) is 0 Å². The van der Waals surface area contributed by atoms with E-state index in [0.29, 0.717) is 22.5 Å². The van der Waals surface area contributed by atoms with E-state index >= 15 is 0 Å². The van der Waals surface area contributed by atoms with Gasteiger partial charge in [0.25, 0.3) is 0 Å². The number of nitrogens with zero attached hydrogens (tertiary/aromatic N) is 3. The maximum Gasteiger partial charge on any atom is 0.164 e. The fourth-order valence-corrected chi connectivity index (χ4v) is 10.9. The minimum absolute atomic E-state index is 0.0209. The number of aromatic nitrogens is 3. The summed E-state index contributed by atoms with van der Waals surface area (Å²) < 4.78 is 64.6. The summed E-state index contributed by atoms with van der Waals surface area (Å²) in [6, 6.07) is 77.8. The Morgan fingerprint density at radius 3 is 1.36 bits per heavy atom. The van der Waals surface area contributed by atoms with E-state index in [9.17, 15) is 8.22 Å². The molecule has 346 valence electrons. The highest BCUT2D eigenvalue weighted by molar-refractivity contribution is 6.07. The minimum Gasteiger partial charge on any atom is -0.456 e. The lowest BCUT2D eigenvalue weighted by Gasteiger charge is -2.34. The molecule has 0 bridgehead atoms. The maximum absolute atomic E-state index is 9.91. The van der Waals surface area contributed by atoms with Gasteiger partial charge >= 0.3 is 0 Å². The van der Waals surface area contributed by atoms with Crippen LogP contribution in [0.2, 0.25) is 0 Å². The highest BCUT2D eigenvalue weighted by Crippen LogP contribution is 2.56. The lowest BCUT2D eigenvalue weighted by Crippen LogP contribution is -2.28. The predicted octanol–water partition coefficient (Wildman–Crippen LogP) is 17.8. The Bertz CT molecular complexity index is 4490. The smallest absolute Gasteiger partial charge is 0.164 e. The van der Waals surface area contributed by atoms with Gasteiger partial charge in [-0.15, -0.1) is 0 Å². The fourth-order valence-electron chi connectivity index (χ4n) is 10.9. The largest absolute Gasteiger partial charge is 0.456 e. The molecule has 0 spiro atoms. The van der Waals surface area contributed by atoms with E-state index in [1.807, 2.05) is 146 Å². The second-order valence-corrected chi connectivity index (χ2v) is 18.5. The molecule has 4 nitrogen and oxygen atoms in total. The number of rotatable bonds is 9. The van der Waals surface area contributed by atoms with Crippen LogP contribution in [0.5, 0.6) is 0 Å². The van der Waals surface area contributed by atoms with Crippen LogP contribution < -0.4 is 0 Å². The monoisotopic (exact) mass is 949 g/mol. The average Bonchev–Trinajstić information content (AvgIpc) is 4.29. The van der Waals surface area contributed by atoms with Crippen molar-refractivity contribution in [3.05, 3.63) is 295 Å². The maximum atomic E-state index is 9.91. The summed E-state index contributed by atoms with van der Waals surface area (Å²) in [6.45, 7) is 0. The highest BCUT2D eigenvalue weighted by atomic mass is 16.3. The Balaban J connectivity index is 0.965. The molecule has 0 saturated heterocycles. The van der Waals surface area contributed by atoms with E-state index in [-0.39, 0.29) is 81.0 Å². The lowest BCUT2D eigenvalue weighted by atomic mass is 9.67. The zero-order valence-electron chi connectivity index (χ0n) is 45.8. The molecule has 2 aromatic heterocycles. The molecule has 1 aliphatic carbocycles. The lowest BCUT2D eigenvalue weighted by molar-refractivity contribution is 0.669. The zero-order valence-corrected chi connectivity index (χ0v) is 39.8. The zero-order chi connectivity index (χ0) is 54.2. The summed E-state index contributed by atoms with van der Waals surface area (Å²) in [5.74, 6) is 0.557. The van der Waals surface area contributed by atoms with Crippen LogP contribution in [0.1, 0.15) is 30.5 Å². The van der Waals surface area contributed by atoms with E-state index in [4.69, 9.17) is 19.4 Å². The van der Waals surface area contributed by atoms with Crippen molar-refractivity contribution < 1.29 is 12.6 Å². The van der Waals surface area contributed by atoms with Gasteiger partial charge in [-0.25, -0.2) is 15.0 Å². The van der Waals surface area contributed by atoms with Crippen LogP contribution in [0.25, 0.3) is 112 Å². The fraction of sp³-hybridized carbons (Fsp3) is 0.0143. The van der Waals surface area contributed by atoms with Gasteiger partial charge in [-0.3, -0.25) is 0 Å². The van der Waals surface area contributed by atoms with Crippen molar-refractivity contribution in [2.45, 2.75) is 5.41 Å². The van der Waals surface area contributed by atoms with Gasteiger partial charge in [0, 0.05) is 27.5 Å². The van der Waals surface area contributed by atoms with Crippen molar-refractivity contribution in [3.8, 4) is 89.8 Å². The molecule has 13 aromatic rings. The Kier molecular flexibility index (Phi) is 8.93. The van der Waals surface area contributed by atoms with E-state index in [0.717, 1.165) is 44.5 Å². The molecule has 0 unspecified atom stereocenters. The number of benzene rings is 11. The first-order valence-corrected chi connectivity index (χ1v) is 24.7. The van der Waals surface area contributed by atoms with Crippen LogP contribution in [0, 0.1) is 0 Å².